The molecule has 1 amide bonds. The number of aryl methyl sites for hydroxylation is 1. The van der Waals surface area contributed by atoms with Crippen molar-refractivity contribution in [2.24, 2.45) is 0 Å². The Kier molecular flexibility index (Phi) is 5.93. The van der Waals surface area contributed by atoms with E-state index in [2.05, 4.69) is 15.0 Å². The number of rotatable bonds is 6. The van der Waals surface area contributed by atoms with Gasteiger partial charge in [0.25, 0.3) is 0 Å². The van der Waals surface area contributed by atoms with Crippen molar-refractivity contribution < 1.29 is 18.7 Å². The van der Waals surface area contributed by atoms with Gasteiger partial charge in [-0.2, -0.15) is 0 Å². The van der Waals surface area contributed by atoms with E-state index in [9.17, 15) is 14.0 Å². The van der Waals surface area contributed by atoms with E-state index in [4.69, 9.17) is 0 Å². The quantitative estimate of drug-likeness (QED) is 0.643. The molecule has 138 valence electrons. The fourth-order valence-electron chi connectivity index (χ4n) is 2.42. The first-order chi connectivity index (χ1) is 13.0. The lowest BCUT2D eigenvalue weighted by Crippen LogP contribution is -2.12. The lowest BCUT2D eigenvalue weighted by Gasteiger charge is -2.05. The van der Waals surface area contributed by atoms with Crippen molar-refractivity contribution in [3.8, 4) is 10.6 Å². The first-order valence-corrected chi connectivity index (χ1v) is 9.11. The Morgan fingerprint density at radius 2 is 1.81 bits per heavy atom. The normalized spacial score (nSPS) is 10.4. The van der Waals surface area contributed by atoms with Crippen molar-refractivity contribution in [2.75, 3.05) is 12.4 Å². The predicted molar refractivity (Wildman–Crippen MR) is 102 cm³/mol. The monoisotopic (exact) mass is 384 g/mol. The molecule has 2 aromatic carbocycles. The zero-order valence-electron chi connectivity index (χ0n) is 14.6. The maximum absolute atomic E-state index is 13.0. The van der Waals surface area contributed by atoms with Crippen LogP contribution in [0, 0.1) is 5.82 Å². The summed E-state index contributed by atoms with van der Waals surface area (Å²) in [6, 6.07) is 12.7. The summed E-state index contributed by atoms with van der Waals surface area (Å²) in [6.45, 7) is 0. The second-order valence-electron chi connectivity index (χ2n) is 5.77. The van der Waals surface area contributed by atoms with Crippen molar-refractivity contribution in [3.63, 3.8) is 0 Å². The molecular weight excluding hydrogens is 367 g/mol. The molecule has 27 heavy (non-hydrogen) atoms. The smallest absolute Gasteiger partial charge is 0.337 e. The molecule has 0 aliphatic carbocycles. The number of nitrogens with one attached hydrogen (secondary N) is 1. The number of carbonyl (C=O) groups is 2. The van der Waals surface area contributed by atoms with Crippen LogP contribution < -0.4 is 5.32 Å². The molecule has 3 rings (SSSR count). The highest BCUT2D eigenvalue weighted by Gasteiger charge is 2.09. The molecule has 0 saturated carbocycles. The van der Waals surface area contributed by atoms with Crippen LogP contribution in [0.4, 0.5) is 10.1 Å². The van der Waals surface area contributed by atoms with Crippen LogP contribution in [0.25, 0.3) is 10.6 Å². The largest absolute Gasteiger partial charge is 0.465 e. The molecule has 0 spiro atoms. The molecule has 3 aromatic rings. The van der Waals surface area contributed by atoms with Gasteiger partial charge < -0.3 is 10.1 Å². The van der Waals surface area contributed by atoms with Gasteiger partial charge in [-0.3, -0.25) is 4.79 Å². The number of hydrogen-bond donors (Lipinski definition) is 1. The summed E-state index contributed by atoms with van der Waals surface area (Å²) in [6.07, 6.45) is 0.787. The molecule has 0 atom stereocenters. The third-order valence-electron chi connectivity index (χ3n) is 3.84. The molecule has 0 saturated heterocycles. The summed E-state index contributed by atoms with van der Waals surface area (Å²) in [4.78, 5) is 28.0. The first kappa shape index (κ1) is 18.7. The second kappa shape index (κ2) is 8.55. The zero-order chi connectivity index (χ0) is 19.2. The van der Waals surface area contributed by atoms with Gasteiger partial charge in [0.05, 0.1) is 18.4 Å². The first-order valence-electron chi connectivity index (χ1n) is 8.24. The zero-order valence-corrected chi connectivity index (χ0v) is 15.4. The van der Waals surface area contributed by atoms with Crippen LogP contribution >= 0.6 is 11.3 Å². The lowest BCUT2D eigenvalue weighted by molar-refractivity contribution is -0.116. The molecule has 1 heterocycles. The Bertz CT molecular complexity index is 937. The molecule has 7 heteroatoms. The summed E-state index contributed by atoms with van der Waals surface area (Å²) in [5.41, 5.74) is 2.70. The van der Waals surface area contributed by atoms with Crippen molar-refractivity contribution in [3.05, 3.63) is 71.0 Å². The number of esters is 1. The Morgan fingerprint density at radius 1 is 1.11 bits per heavy atom. The van der Waals surface area contributed by atoms with Gasteiger partial charge in [0.2, 0.25) is 5.91 Å². The number of methoxy groups -OCH3 is 1. The number of aromatic nitrogens is 1. The molecule has 1 aromatic heterocycles. The van der Waals surface area contributed by atoms with E-state index < -0.39 is 5.97 Å². The maximum Gasteiger partial charge on any atom is 0.337 e. The average Bonchev–Trinajstić information content (AvgIpc) is 3.16. The molecule has 0 radical (unpaired) electrons. The number of benzene rings is 2. The number of amides is 1. The van der Waals surface area contributed by atoms with Crippen LogP contribution in [-0.2, 0) is 16.0 Å². The molecule has 0 bridgehead atoms. The highest BCUT2D eigenvalue weighted by Crippen LogP contribution is 2.24. The Hall–Kier alpha value is -3.06. The van der Waals surface area contributed by atoms with E-state index in [1.54, 1.807) is 36.4 Å². The molecule has 0 fully saturated rings. The summed E-state index contributed by atoms with van der Waals surface area (Å²) in [5.74, 6) is -0.850. The van der Waals surface area contributed by atoms with E-state index in [-0.39, 0.29) is 18.1 Å². The third kappa shape index (κ3) is 4.98. The highest BCUT2D eigenvalue weighted by atomic mass is 32.1. The summed E-state index contributed by atoms with van der Waals surface area (Å²) in [7, 11) is 1.32. The van der Waals surface area contributed by atoms with Gasteiger partial charge in [0.1, 0.15) is 10.8 Å². The minimum absolute atomic E-state index is 0.142. The molecule has 0 aliphatic heterocycles. The predicted octanol–water partition coefficient (Wildman–Crippen LogP) is 4.31. The van der Waals surface area contributed by atoms with E-state index in [1.807, 2.05) is 5.38 Å². The van der Waals surface area contributed by atoms with Crippen LogP contribution in [0.5, 0.6) is 0 Å². The van der Waals surface area contributed by atoms with Crippen molar-refractivity contribution in [1.29, 1.82) is 0 Å². The third-order valence-corrected chi connectivity index (χ3v) is 4.78. The van der Waals surface area contributed by atoms with Crippen LogP contribution in [0.15, 0.2) is 53.9 Å². The summed E-state index contributed by atoms with van der Waals surface area (Å²) in [5, 5.41) is 5.48. The SMILES string of the molecule is COC(=O)c1ccc(NC(=O)CCc2csc(-c3ccc(F)cc3)n2)cc1. The molecule has 0 aliphatic rings. The minimum atomic E-state index is -0.423. The number of halogens is 1. The number of carbonyl (C=O) groups excluding carboxylic acids is 2. The van der Waals surface area contributed by atoms with Crippen LogP contribution in [0.1, 0.15) is 22.5 Å². The van der Waals surface area contributed by atoms with Gasteiger partial charge in [-0.25, -0.2) is 14.2 Å². The summed E-state index contributed by atoms with van der Waals surface area (Å²) >= 11 is 1.46. The molecular formula is C20H17FN2O3S. The van der Waals surface area contributed by atoms with Gasteiger partial charge >= 0.3 is 5.97 Å². The van der Waals surface area contributed by atoms with E-state index in [0.29, 0.717) is 17.7 Å². The number of ether oxygens (including phenoxy) is 1. The van der Waals surface area contributed by atoms with Gasteiger partial charge in [0.15, 0.2) is 0 Å². The van der Waals surface area contributed by atoms with Crippen LogP contribution in [-0.4, -0.2) is 24.0 Å². The van der Waals surface area contributed by atoms with Gasteiger partial charge in [0, 0.05) is 23.1 Å². The Labute approximate surface area is 159 Å². The highest BCUT2D eigenvalue weighted by molar-refractivity contribution is 7.13. The minimum Gasteiger partial charge on any atom is -0.465 e. The fraction of sp³-hybridized carbons (Fsp3) is 0.150. The standard InChI is InChI=1S/C20H17FN2O3S/c1-26-20(25)14-4-8-16(9-5-14)22-18(24)11-10-17-12-27-19(23-17)13-2-6-15(21)7-3-13/h2-9,12H,10-11H2,1H3,(H,22,24). The lowest BCUT2D eigenvalue weighted by atomic mass is 10.2. The van der Waals surface area contributed by atoms with E-state index in [0.717, 1.165) is 16.3 Å². The van der Waals surface area contributed by atoms with Crippen molar-refractivity contribution in [2.45, 2.75) is 12.8 Å². The molecule has 5 nitrogen and oxygen atoms in total. The van der Waals surface area contributed by atoms with E-state index in [1.165, 1.54) is 30.6 Å². The topological polar surface area (TPSA) is 68.3 Å². The van der Waals surface area contributed by atoms with Gasteiger partial charge in [-0.05, 0) is 55.0 Å². The fourth-order valence-corrected chi connectivity index (χ4v) is 3.28. The number of thiazole rings is 1. The van der Waals surface area contributed by atoms with Crippen LogP contribution in [0.3, 0.4) is 0 Å². The maximum atomic E-state index is 13.0. The van der Waals surface area contributed by atoms with E-state index >= 15 is 0 Å². The Balaban J connectivity index is 1.53. The Morgan fingerprint density at radius 3 is 2.48 bits per heavy atom. The summed E-state index contributed by atoms with van der Waals surface area (Å²) < 4.78 is 17.6. The number of nitrogens with zero attached hydrogens (tertiary/aromatic N) is 1. The number of anilines is 1. The van der Waals surface area contributed by atoms with Gasteiger partial charge in [-0.1, -0.05) is 0 Å². The van der Waals surface area contributed by atoms with Crippen molar-refractivity contribution >= 4 is 28.9 Å². The molecule has 0 unspecified atom stereocenters. The molecule has 1 N–H and O–H groups in total. The number of hydrogen-bond acceptors (Lipinski definition) is 5. The average molecular weight is 384 g/mol. The van der Waals surface area contributed by atoms with Crippen LogP contribution in [0.2, 0.25) is 0 Å². The van der Waals surface area contributed by atoms with Gasteiger partial charge in [-0.15, -0.1) is 11.3 Å². The second-order valence-corrected chi connectivity index (χ2v) is 6.63. The van der Waals surface area contributed by atoms with Crippen molar-refractivity contribution in [1.82, 2.24) is 4.98 Å².